The van der Waals surface area contributed by atoms with Crippen LogP contribution < -0.4 is 0 Å². The Kier molecular flexibility index (Phi) is 4.92. The minimum Gasteiger partial charge on any atom is -0.368 e. The lowest BCUT2D eigenvalue weighted by Gasteiger charge is -2.32. The van der Waals surface area contributed by atoms with Gasteiger partial charge in [-0.05, 0) is 12.5 Å². The van der Waals surface area contributed by atoms with Gasteiger partial charge in [0, 0.05) is 30.6 Å². The lowest BCUT2D eigenvalue weighted by Crippen LogP contribution is -2.37. The SMILES string of the molecule is Cc1ccc(-c2csc(C3CN(Cc4ccccc4)CCO3)n2)cc1. The van der Waals surface area contributed by atoms with Crippen molar-refractivity contribution in [2.24, 2.45) is 0 Å². The molecule has 2 heterocycles. The van der Waals surface area contributed by atoms with Crippen molar-refractivity contribution < 1.29 is 4.74 Å². The Morgan fingerprint density at radius 2 is 1.92 bits per heavy atom. The van der Waals surface area contributed by atoms with Crippen molar-refractivity contribution in [2.45, 2.75) is 19.6 Å². The van der Waals surface area contributed by atoms with Crippen LogP contribution >= 0.6 is 11.3 Å². The third-order valence-corrected chi connectivity index (χ3v) is 5.48. The van der Waals surface area contributed by atoms with Gasteiger partial charge in [0.2, 0.25) is 0 Å². The van der Waals surface area contributed by atoms with Gasteiger partial charge in [0.05, 0.1) is 12.3 Å². The number of hydrogen-bond acceptors (Lipinski definition) is 4. The molecule has 1 fully saturated rings. The molecule has 1 aliphatic heterocycles. The highest BCUT2D eigenvalue weighted by Gasteiger charge is 2.24. The first kappa shape index (κ1) is 16.5. The van der Waals surface area contributed by atoms with E-state index >= 15 is 0 Å². The van der Waals surface area contributed by atoms with Gasteiger partial charge in [-0.3, -0.25) is 4.90 Å². The molecule has 2 aromatic carbocycles. The molecule has 4 rings (SSSR count). The first-order chi connectivity index (χ1) is 12.3. The maximum atomic E-state index is 6.01. The maximum Gasteiger partial charge on any atom is 0.124 e. The van der Waals surface area contributed by atoms with E-state index in [0.717, 1.165) is 36.9 Å². The fourth-order valence-electron chi connectivity index (χ4n) is 3.13. The van der Waals surface area contributed by atoms with Gasteiger partial charge < -0.3 is 4.74 Å². The van der Waals surface area contributed by atoms with Gasteiger partial charge in [-0.1, -0.05) is 60.2 Å². The van der Waals surface area contributed by atoms with Gasteiger partial charge in [-0.15, -0.1) is 11.3 Å². The van der Waals surface area contributed by atoms with E-state index in [9.17, 15) is 0 Å². The second-order valence-corrected chi connectivity index (χ2v) is 7.41. The summed E-state index contributed by atoms with van der Waals surface area (Å²) in [7, 11) is 0. The molecule has 1 saturated heterocycles. The van der Waals surface area contributed by atoms with E-state index < -0.39 is 0 Å². The van der Waals surface area contributed by atoms with Gasteiger partial charge >= 0.3 is 0 Å². The normalized spacial score (nSPS) is 18.4. The minimum atomic E-state index is 0.0710. The average Bonchev–Trinajstić information content (AvgIpc) is 3.14. The van der Waals surface area contributed by atoms with E-state index in [2.05, 4.69) is 71.8 Å². The summed E-state index contributed by atoms with van der Waals surface area (Å²) in [5, 5.41) is 3.22. The third kappa shape index (κ3) is 3.98. The van der Waals surface area contributed by atoms with E-state index in [1.54, 1.807) is 11.3 Å². The number of rotatable bonds is 4. The molecule has 0 bridgehead atoms. The van der Waals surface area contributed by atoms with Crippen molar-refractivity contribution in [1.82, 2.24) is 9.88 Å². The molecule has 128 valence electrons. The molecule has 1 atom stereocenters. The monoisotopic (exact) mass is 350 g/mol. The van der Waals surface area contributed by atoms with Gasteiger partial charge in [-0.25, -0.2) is 4.98 Å². The van der Waals surface area contributed by atoms with Crippen LogP contribution in [0.4, 0.5) is 0 Å². The number of aromatic nitrogens is 1. The van der Waals surface area contributed by atoms with Crippen molar-refractivity contribution >= 4 is 11.3 Å². The van der Waals surface area contributed by atoms with Gasteiger partial charge in [-0.2, -0.15) is 0 Å². The number of morpholine rings is 1. The second kappa shape index (κ2) is 7.48. The van der Waals surface area contributed by atoms with Crippen LogP contribution in [0.3, 0.4) is 0 Å². The molecule has 0 radical (unpaired) electrons. The molecule has 3 nitrogen and oxygen atoms in total. The molecular weight excluding hydrogens is 328 g/mol. The van der Waals surface area contributed by atoms with Crippen LogP contribution in [0.25, 0.3) is 11.3 Å². The topological polar surface area (TPSA) is 25.4 Å². The molecule has 0 spiro atoms. The molecule has 0 aliphatic carbocycles. The highest BCUT2D eigenvalue weighted by atomic mass is 32.1. The zero-order valence-corrected chi connectivity index (χ0v) is 15.2. The number of nitrogens with zero attached hydrogens (tertiary/aromatic N) is 2. The summed E-state index contributed by atoms with van der Waals surface area (Å²) in [4.78, 5) is 7.30. The van der Waals surface area contributed by atoms with Crippen molar-refractivity contribution in [1.29, 1.82) is 0 Å². The van der Waals surface area contributed by atoms with Gasteiger partial charge in [0.1, 0.15) is 11.1 Å². The Hall–Kier alpha value is -2.01. The van der Waals surface area contributed by atoms with E-state index in [-0.39, 0.29) is 6.10 Å². The molecular formula is C21H22N2OS. The maximum absolute atomic E-state index is 6.01. The summed E-state index contributed by atoms with van der Waals surface area (Å²) in [6.07, 6.45) is 0.0710. The van der Waals surface area contributed by atoms with Crippen LogP contribution in [0, 0.1) is 6.92 Å². The predicted molar refractivity (Wildman–Crippen MR) is 103 cm³/mol. The Morgan fingerprint density at radius 3 is 2.72 bits per heavy atom. The Balaban J connectivity index is 1.45. The quantitative estimate of drug-likeness (QED) is 0.682. The van der Waals surface area contributed by atoms with Crippen LogP contribution in [-0.2, 0) is 11.3 Å². The lowest BCUT2D eigenvalue weighted by atomic mass is 10.1. The standard InChI is InChI=1S/C21H22N2OS/c1-16-7-9-18(10-8-16)19-15-25-21(22-19)20-14-23(11-12-24-20)13-17-5-3-2-4-6-17/h2-10,15,20H,11-14H2,1H3. The fourth-order valence-corrected chi connectivity index (χ4v) is 4.00. The molecule has 1 unspecified atom stereocenters. The van der Waals surface area contributed by atoms with Crippen molar-refractivity contribution in [3.05, 3.63) is 76.1 Å². The Labute approximate surface area is 152 Å². The molecule has 4 heteroatoms. The summed E-state index contributed by atoms with van der Waals surface area (Å²) in [6.45, 7) is 5.71. The summed E-state index contributed by atoms with van der Waals surface area (Å²) in [5.74, 6) is 0. The molecule has 3 aromatic rings. The minimum absolute atomic E-state index is 0.0710. The second-order valence-electron chi connectivity index (χ2n) is 6.52. The number of benzene rings is 2. The average molecular weight is 350 g/mol. The van der Waals surface area contributed by atoms with Crippen molar-refractivity contribution in [3.63, 3.8) is 0 Å². The number of ether oxygens (including phenoxy) is 1. The summed E-state index contributed by atoms with van der Waals surface area (Å²) in [6, 6.07) is 19.2. The zero-order valence-electron chi connectivity index (χ0n) is 14.4. The third-order valence-electron chi connectivity index (χ3n) is 4.54. The number of aryl methyl sites for hydroxylation is 1. The lowest BCUT2D eigenvalue weighted by molar-refractivity contribution is -0.0329. The molecule has 1 aliphatic rings. The number of thiazole rings is 1. The van der Waals surface area contributed by atoms with Crippen LogP contribution in [0.5, 0.6) is 0 Å². The van der Waals surface area contributed by atoms with Gasteiger partial charge in [0.25, 0.3) is 0 Å². The first-order valence-electron chi connectivity index (χ1n) is 8.68. The number of hydrogen-bond donors (Lipinski definition) is 0. The van der Waals surface area contributed by atoms with Crippen LogP contribution in [0.2, 0.25) is 0 Å². The molecule has 0 saturated carbocycles. The Bertz CT molecular complexity index is 813. The van der Waals surface area contributed by atoms with Gasteiger partial charge in [0.15, 0.2) is 0 Å². The van der Waals surface area contributed by atoms with E-state index in [0.29, 0.717) is 0 Å². The van der Waals surface area contributed by atoms with Crippen LogP contribution in [0.15, 0.2) is 60.0 Å². The van der Waals surface area contributed by atoms with E-state index in [1.807, 2.05) is 0 Å². The van der Waals surface area contributed by atoms with Crippen LogP contribution in [0.1, 0.15) is 22.2 Å². The van der Waals surface area contributed by atoms with Crippen molar-refractivity contribution in [3.8, 4) is 11.3 Å². The summed E-state index contributed by atoms with van der Waals surface area (Å²) in [5.41, 5.74) is 4.84. The molecule has 0 amide bonds. The highest BCUT2D eigenvalue weighted by Crippen LogP contribution is 2.30. The smallest absolute Gasteiger partial charge is 0.124 e. The van der Waals surface area contributed by atoms with Crippen LogP contribution in [-0.4, -0.2) is 29.6 Å². The van der Waals surface area contributed by atoms with Crippen molar-refractivity contribution in [2.75, 3.05) is 19.7 Å². The van der Waals surface area contributed by atoms with E-state index in [4.69, 9.17) is 9.72 Å². The highest BCUT2D eigenvalue weighted by molar-refractivity contribution is 7.10. The molecule has 25 heavy (non-hydrogen) atoms. The summed E-state index contributed by atoms with van der Waals surface area (Å²) < 4.78 is 6.01. The summed E-state index contributed by atoms with van der Waals surface area (Å²) >= 11 is 1.70. The predicted octanol–water partition coefficient (Wildman–Crippen LogP) is 4.69. The molecule has 0 N–H and O–H groups in total. The first-order valence-corrected chi connectivity index (χ1v) is 9.56. The van der Waals surface area contributed by atoms with E-state index in [1.165, 1.54) is 16.7 Å². The Morgan fingerprint density at radius 1 is 1.12 bits per heavy atom. The zero-order chi connectivity index (χ0) is 17.1. The molecule has 1 aromatic heterocycles. The fraction of sp³-hybridized carbons (Fsp3) is 0.286. The largest absolute Gasteiger partial charge is 0.368 e.